The smallest absolute Gasteiger partial charge is 0.253 e. The Hall–Kier alpha value is -2.66. The highest BCUT2D eigenvalue weighted by atomic mass is 16.2. The molecule has 1 N–H and O–H groups in total. The van der Waals surface area contributed by atoms with Crippen molar-refractivity contribution >= 4 is 17.5 Å². The Balaban J connectivity index is 1.59. The summed E-state index contributed by atoms with van der Waals surface area (Å²) in [7, 11) is 2.07. The molecular weight excluding hydrogens is 362 g/mol. The van der Waals surface area contributed by atoms with Gasteiger partial charge in [0.1, 0.15) is 0 Å². The summed E-state index contributed by atoms with van der Waals surface area (Å²) in [6, 6.07) is 17.4. The van der Waals surface area contributed by atoms with Gasteiger partial charge in [0.2, 0.25) is 5.91 Å². The van der Waals surface area contributed by atoms with Gasteiger partial charge in [0.15, 0.2) is 0 Å². The van der Waals surface area contributed by atoms with Crippen LogP contribution >= 0.6 is 0 Å². The molecule has 154 valence electrons. The van der Waals surface area contributed by atoms with Crippen LogP contribution in [0, 0.1) is 5.92 Å². The average molecular weight is 394 g/mol. The van der Waals surface area contributed by atoms with Gasteiger partial charge in [-0.25, -0.2) is 0 Å². The van der Waals surface area contributed by atoms with E-state index < -0.39 is 0 Å². The summed E-state index contributed by atoms with van der Waals surface area (Å²) in [4.78, 5) is 29.4. The first-order valence-corrected chi connectivity index (χ1v) is 10.4. The van der Waals surface area contributed by atoms with Gasteiger partial charge in [0.05, 0.1) is 0 Å². The molecule has 2 amide bonds. The number of carbonyl (C=O) groups is 2. The molecule has 1 atom stereocenters. The summed E-state index contributed by atoms with van der Waals surface area (Å²) >= 11 is 0. The van der Waals surface area contributed by atoms with E-state index in [-0.39, 0.29) is 17.7 Å². The van der Waals surface area contributed by atoms with Gasteiger partial charge in [-0.05, 0) is 48.7 Å². The van der Waals surface area contributed by atoms with Gasteiger partial charge in [-0.3, -0.25) is 9.59 Å². The van der Waals surface area contributed by atoms with Crippen LogP contribution < -0.4 is 5.32 Å². The molecule has 2 aromatic rings. The molecule has 5 nitrogen and oxygen atoms in total. The number of benzene rings is 2. The summed E-state index contributed by atoms with van der Waals surface area (Å²) in [6.07, 6.45) is 0.434. The van der Waals surface area contributed by atoms with Crippen molar-refractivity contribution in [1.29, 1.82) is 0 Å². The number of carbonyl (C=O) groups excluding carboxylic acids is 2. The van der Waals surface area contributed by atoms with E-state index in [1.54, 1.807) is 12.1 Å². The van der Waals surface area contributed by atoms with Crippen LogP contribution in [0.4, 0.5) is 5.69 Å². The molecule has 29 heavy (non-hydrogen) atoms. The predicted octanol–water partition coefficient (Wildman–Crippen LogP) is 3.84. The van der Waals surface area contributed by atoms with Crippen LogP contribution in [0.3, 0.4) is 0 Å². The van der Waals surface area contributed by atoms with Crippen molar-refractivity contribution in [2.24, 2.45) is 5.92 Å². The van der Waals surface area contributed by atoms with E-state index in [4.69, 9.17) is 0 Å². The SMILES string of the molecule is CC(C)C(CC(=O)Nc1ccc(C(=O)N2CCN(C)CC2)cc1)c1ccccc1. The number of rotatable bonds is 6. The fourth-order valence-electron chi connectivity index (χ4n) is 3.74. The fraction of sp³-hybridized carbons (Fsp3) is 0.417. The van der Waals surface area contributed by atoms with Gasteiger partial charge < -0.3 is 15.1 Å². The lowest BCUT2D eigenvalue weighted by molar-refractivity contribution is -0.116. The number of nitrogens with one attached hydrogen (secondary N) is 1. The van der Waals surface area contributed by atoms with Crippen LogP contribution in [-0.2, 0) is 4.79 Å². The molecule has 0 aliphatic carbocycles. The summed E-state index contributed by atoms with van der Waals surface area (Å²) < 4.78 is 0. The van der Waals surface area contributed by atoms with Gasteiger partial charge in [-0.2, -0.15) is 0 Å². The van der Waals surface area contributed by atoms with Gasteiger partial charge in [-0.15, -0.1) is 0 Å². The number of likely N-dealkylation sites (N-methyl/N-ethyl adjacent to an activating group) is 1. The normalized spacial score (nSPS) is 15.9. The Labute approximate surface area is 173 Å². The summed E-state index contributed by atoms with van der Waals surface area (Å²) in [5.41, 5.74) is 2.57. The topological polar surface area (TPSA) is 52.7 Å². The molecule has 1 aliphatic heterocycles. The van der Waals surface area contributed by atoms with E-state index in [9.17, 15) is 9.59 Å². The Morgan fingerprint density at radius 3 is 2.14 bits per heavy atom. The first-order valence-electron chi connectivity index (χ1n) is 10.4. The van der Waals surface area contributed by atoms with Gasteiger partial charge in [-0.1, -0.05) is 44.2 Å². The van der Waals surface area contributed by atoms with Gasteiger partial charge in [0, 0.05) is 43.9 Å². The second kappa shape index (κ2) is 9.70. The van der Waals surface area contributed by atoms with E-state index in [1.807, 2.05) is 35.2 Å². The van der Waals surface area contributed by atoms with Gasteiger partial charge >= 0.3 is 0 Å². The number of piperazine rings is 1. The standard InChI is InChI=1S/C24H31N3O2/c1-18(2)22(19-7-5-4-6-8-19)17-23(28)25-21-11-9-20(10-12-21)24(29)27-15-13-26(3)14-16-27/h4-12,18,22H,13-17H2,1-3H3,(H,25,28). The van der Waals surface area contributed by atoms with Crippen LogP contribution in [0.1, 0.15) is 42.1 Å². The number of amides is 2. The largest absolute Gasteiger partial charge is 0.336 e. The molecule has 0 radical (unpaired) electrons. The Kier molecular flexibility index (Phi) is 7.04. The zero-order valence-electron chi connectivity index (χ0n) is 17.6. The first kappa shape index (κ1) is 21.1. The molecule has 0 aromatic heterocycles. The lowest BCUT2D eigenvalue weighted by Crippen LogP contribution is -2.47. The van der Waals surface area contributed by atoms with E-state index in [2.05, 4.69) is 43.2 Å². The Morgan fingerprint density at radius 1 is 0.931 bits per heavy atom. The van der Waals surface area contributed by atoms with Crippen molar-refractivity contribution in [3.63, 3.8) is 0 Å². The number of hydrogen-bond acceptors (Lipinski definition) is 3. The summed E-state index contributed by atoms with van der Waals surface area (Å²) in [5.74, 6) is 0.589. The van der Waals surface area contributed by atoms with Crippen LogP contribution in [0.15, 0.2) is 54.6 Å². The minimum absolute atomic E-state index is 0.00861. The van der Waals surface area contributed by atoms with Crippen molar-refractivity contribution < 1.29 is 9.59 Å². The third-order valence-corrected chi connectivity index (χ3v) is 5.64. The molecule has 1 heterocycles. The minimum Gasteiger partial charge on any atom is -0.336 e. The van der Waals surface area contributed by atoms with E-state index in [1.165, 1.54) is 5.56 Å². The van der Waals surface area contributed by atoms with Crippen molar-refractivity contribution in [2.45, 2.75) is 26.2 Å². The van der Waals surface area contributed by atoms with E-state index in [0.29, 0.717) is 17.9 Å². The quantitative estimate of drug-likeness (QED) is 0.811. The summed E-state index contributed by atoms with van der Waals surface area (Å²) in [5, 5.41) is 2.98. The zero-order valence-corrected chi connectivity index (χ0v) is 17.6. The Bertz CT molecular complexity index is 810. The lowest BCUT2D eigenvalue weighted by Gasteiger charge is -2.32. The van der Waals surface area contributed by atoms with Crippen molar-refractivity contribution in [3.05, 3.63) is 65.7 Å². The zero-order chi connectivity index (χ0) is 20.8. The average Bonchev–Trinajstić information content (AvgIpc) is 2.73. The number of hydrogen-bond donors (Lipinski definition) is 1. The van der Waals surface area contributed by atoms with Crippen molar-refractivity contribution in [3.8, 4) is 0 Å². The van der Waals surface area contributed by atoms with Crippen LogP contribution in [0.25, 0.3) is 0 Å². The predicted molar refractivity (Wildman–Crippen MR) is 117 cm³/mol. The molecule has 0 saturated carbocycles. The maximum Gasteiger partial charge on any atom is 0.253 e. The molecule has 1 aliphatic rings. The second-order valence-electron chi connectivity index (χ2n) is 8.19. The third kappa shape index (κ3) is 5.67. The molecule has 2 aromatic carbocycles. The summed E-state index contributed by atoms with van der Waals surface area (Å²) in [6.45, 7) is 7.60. The van der Waals surface area contributed by atoms with Crippen molar-refractivity contribution in [1.82, 2.24) is 9.80 Å². The first-order chi connectivity index (χ1) is 13.9. The van der Waals surface area contributed by atoms with Crippen LogP contribution in [0.2, 0.25) is 0 Å². The molecule has 1 fully saturated rings. The van der Waals surface area contributed by atoms with E-state index >= 15 is 0 Å². The molecular formula is C24H31N3O2. The van der Waals surface area contributed by atoms with Gasteiger partial charge in [0.25, 0.3) is 5.91 Å². The fourth-order valence-corrected chi connectivity index (χ4v) is 3.74. The Morgan fingerprint density at radius 2 is 1.55 bits per heavy atom. The molecule has 5 heteroatoms. The second-order valence-corrected chi connectivity index (χ2v) is 8.19. The van der Waals surface area contributed by atoms with E-state index in [0.717, 1.165) is 31.9 Å². The highest BCUT2D eigenvalue weighted by molar-refractivity contribution is 5.96. The molecule has 3 rings (SSSR count). The third-order valence-electron chi connectivity index (χ3n) is 5.64. The highest BCUT2D eigenvalue weighted by Crippen LogP contribution is 2.28. The maximum atomic E-state index is 12.6. The maximum absolute atomic E-state index is 12.6. The minimum atomic E-state index is -0.00861. The number of nitrogens with zero attached hydrogens (tertiary/aromatic N) is 2. The van der Waals surface area contributed by atoms with Crippen molar-refractivity contribution in [2.75, 3.05) is 38.5 Å². The molecule has 1 saturated heterocycles. The number of anilines is 1. The van der Waals surface area contributed by atoms with Crippen LogP contribution in [0.5, 0.6) is 0 Å². The monoisotopic (exact) mass is 393 g/mol. The van der Waals surface area contributed by atoms with Crippen LogP contribution in [-0.4, -0.2) is 54.8 Å². The highest BCUT2D eigenvalue weighted by Gasteiger charge is 2.21. The molecule has 0 bridgehead atoms. The molecule has 1 unspecified atom stereocenters. The molecule has 0 spiro atoms. The lowest BCUT2D eigenvalue weighted by atomic mass is 9.85.